The predicted octanol–water partition coefficient (Wildman–Crippen LogP) is 2.43. The molecule has 7 heteroatoms. The molecule has 1 aliphatic rings. The number of carbonyl (C=O) groups is 2. The molecule has 1 amide bonds. The number of halogens is 1. The van der Waals surface area contributed by atoms with E-state index in [1.165, 1.54) is 36.4 Å². The third kappa shape index (κ3) is 4.83. The summed E-state index contributed by atoms with van der Waals surface area (Å²) in [5.41, 5.74) is 1.49. The molecule has 6 nitrogen and oxygen atoms in total. The van der Waals surface area contributed by atoms with Crippen LogP contribution in [0.2, 0.25) is 0 Å². The Hall–Kier alpha value is -3.35. The van der Waals surface area contributed by atoms with Crippen LogP contribution >= 0.6 is 0 Å². The van der Waals surface area contributed by atoms with E-state index in [-0.39, 0.29) is 19.2 Å². The molecule has 134 valence electrons. The Bertz CT molecular complexity index is 832. The molecule has 2 aromatic rings. The fourth-order valence-corrected chi connectivity index (χ4v) is 2.23. The second kappa shape index (κ2) is 8.15. The van der Waals surface area contributed by atoms with Gasteiger partial charge in [0.15, 0.2) is 18.1 Å². The van der Waals surface area contributed by atoms with Crippen molar-refractivity contribution in [2.24, 2.45) is 0 Å². The summed E-state index contributed by atoms with van der Waals surface area (Å²) in [4.78, 5) is 23.4. The highest BCUT2D eigenvalue weighted by molar-refractivity contribution is 5.89. The standard InChI is InChI=1S/C19H16FNO5/c20-15-5-1-13(2-6-15)4-8-19(23)24-11-18(22)21-10-14-3-7-16-17(9-14)26-12-25-16/h1-9H,10-12H2,(H,21,22)/b8-4+. The quantitative estimate of drug-likeness (QED) is 0.635. The molecule has 0 aliphatic carbocycles. The lowest BCUT2D eigenvalue weighted by molar-refractivity contribution is -0.143. The Balaban J connectivity index is 1.40. The second-order valence-corrected chi connectivity index (χ2v) is 5.46. The fraction of sp³-hybridized carbons (Fsp3) is 0.158. The molecule has 0 saturated heterocycles. The first-order chi connectivity index (χ1) is 12.6. The number of esters is 1. The Morgan fingerprint density at radius 3 is 2.69 bits per heavy atom. The smallest absolute Gasteiger partial charge is 0.331 e. The Morgan fingerprint density at radius 1 is 1.12 bits per heavy atom. The van der Waals surface area contributed by atoms with Gasteiger partial charge in [0, 0.05) is 12.6 Å². The van der Waals surface area contributed by atoms with Gasteiger partial charge in [-0.2, -0.15) is 0 Å². The van der Waals surface area contributed by atoms with Crippen molar-refractivity contribution in [1.82, 2.24) is 5.32 Å². The number of rotatable bonds is 6. The van der Waals surface area contributed by atoms with Gasteiger partial charge in [0.05, 0.1) is 0 Å². The third-order valence-electron chi connectivity index (χ3n) is 3.55. The number of fused-ring (bicyclic) bond motifs is 1. The van der Waals surface area contributed by atoms with Crippen molar-refractivity contribution in [2.75, 3.05) is 13.4 Å². The zero-order valence-electron chi connectivity index (χ0n) is 13.7. The molecule has 2 aromatic carbocycles. The van der Waals surface area contributed by atoms with Crippen molar-refractivity contribution in [3.8, 4) is 11.5 Å². The summed E-state index contributed by atoms with van der Waals surface area (Å²) in [6.45, 7) is 0.0716. The van der Waals surface area contributed by atoms with Gasteiger partial charge in [-0.15, -0.1) is 0 Å². The van der Waals surface area contributed by atoms with Gasteiger partial charge >= 0.3 is 5.97 Å². The van der Waals surface area contributed by atoms with Crippen LogP contribution in [0, 0.1) is 5.82 Å². The molecule has 3 rings (SSSR count). The number of hydrogen-bond acceptors (Lipinski definition) is 5. The van der Waals surface area contributed by atoms with E-state index in [4.69, 9.17) is 14.2 Å². The van der Waals surface area contributed by atoms with Crippen molar-refractivity contribution >= 4 is 18.0 Å². The van der Waals surface area contributed by atoms with Gasteiger partial charge in [0.2, 0.25) is 6.79 Å². The molecule has 0 atom stereocenters. The summed E-state index contributed by atoms with van der Waals surface area (Å²) in [6, 6.07) is 11.0. The van der Waals surface area contributed by atoms with Crippen molar-refractivity contribution in [1.29, 1.82) is 0 Å². The Kier molecular flexibility index (Phi) is 5.48. The average molecular weight is 357 g/mol. The van der Waals surface area contributed by atoms with Crippen molar-refractivity contribution in [3.63, 3.8) is 0 Å². The molecular formula is C19H16FNO5. The molecule has 0 bridgehead atoms. The number of nitrogens with one attached hydrogen (secondary N) is 1. The van der Waals surface area contributed by atoms with Gasteiger partial charge < -0.3 is 19.5 Å². The van der Waals surface area contributed by atoms with Gasteiger partial charge in [-0.25, -0.2) is 9.18 Å². The van der Waals surface area contributed by atoms with Crippen LogP contribution in [-0.4, -0.2) is 25.3 Å². The Morgan fingerprint density at radius 2 is 1.88 bits per heavy atom. The van der Waals surface area contributed by atoms with E-state index in [0.717, 1.165) is 5.56 Å². The van der Waals surface area contributed by atoms with Gasteiger partial charge in [-0.1, -0.05) is 18.2 Å². The molecule has 1 N–H and O–H groups in total. The summed E-state index contributed by atoms with van der Waals surface area (Å²) in [6.07, 6.45) is 2.66. The summed E-state index contributed by atoms with van der Waals surface area (Å²) < 4.78 is 28.1. The van der Waals surface area contributed by atoms with Crippen LogP contribution < -0.4 is 14.8 Å². The molecule has 0 radical (unpaired) electrons. The van der Waals surface area contributed by atoms with Crippen LogP contribution in [0.25, 0.3) is 6.08 Å². The normalized spacial score (nSPS) is 12.2. The molecule has 0 aromatic heterocycles. The van der Waals surface area contributed by atoms with Crippen LogP contribution in [0.4, 0.5) is 4.39 Å². The maximum atomic E-state index is 12.8. The SMILES string of the molecule is O=C(COC(=O)/C=C/c1ccc(F)cc1)NCc1ccc2c(c1)OCO2. The highest BCUT2D eigenvalue weighted by Crippen LogP contribution is 2.32. The van der Waals surface area contributed by atoms with Crippen molar-refractivity contribution in [3.05, 3.63) is 65.5 Å². The minimum atomic E-state index is -0.660. The van der Waals surface area contributed by atoms with E-state index in [1.54, 1.807) is 12.1 Å². The van der Waals surface area contributed by atoms with E-state index in [1.807, 2.05) is 6.07 Å². The van der Waals surface area contributed by atoms with Crippen LogP contribution in [0.3, 0.4) is 0 Å². The molecular weight excluding hydrogens is 341 g/mol. The van der Waals surface area contributed by atoms with Crippen molar-refractivity contribution < 1.29 is 28.2 Å². The van der Waals surface area contributed by atoms with Gasteiger partial charge in [-0.3, -0.25) is 4.79 Å². The zero-order chi connectivity index (χ0) is 18.4. The third-order valence-corrected chi connectivity index (χ3v) is 3.55. The first-order valence-electron chi connectivity index (χ1n) is 7.86. The minimum absolute atomic E-state index is 0.187. The number of hydrogen-bond donors (Lipinski definition) is 1. The maximum absolute atomic E-state index is 12.8. The number of ether oxygens (including phenoxy) is 3. The van der Waals surface area contributed by atoms with Crippen LogP contribution in [-0.2, 0) is 20.9 Å². The van der Waals surface area contributed by atoms with E-state index >= 15 is 0 Å². The predicted molar refractivity (Wildman–Crippen MR) is 90.8 cm³/mol. The maximum Gasteiger partial charge on any atom is 0.331 e. The van der Waals surface area contributed by atoms with E-state index in [0.29, 0.717) is 17.1 Å². The lowest BCUT2D eigenvalue weighted by atomic mass is 10.2. The van der Waals surface area contributed by atoms with Crippen LogP contribution in [0.15, 0.2) is 48.5 Å². The van der Waals surface area contributed by atoms with Crippen LogP contribution in [0.5, 0.6) is 11.5 Å². The summed E-state index contributed by atoms with van der Waals surface area (Å²) in [5.74, 6) is -0.140. The molecule has 26 heavy (non-hydrogen) atoms. The highest BCUT2D eigenvalue weighted by Gasteiger charge is 2.13. The molecule has 1 aliphatic heterocycles. The molecule has 1 heterocycles. The molecule has 0 fully saturated rings. The highest BCUT2D eigenvalue weighted by atomic mass is 19.1. The van der Waals surface area contributed by atoms with E-state index < -0.39 is 18.5 Å². The zero-order valence-corrected chi connectivity index (χ0v) is 13.7. The fourth-order valence-electron chi connectivity index (χ4n) is 2.23. The first-order valence-corrected chi connectivity index (χ1v) is 7.86. The van der Waals surface area contributed by atoms with Crippen molar-refractivity contribution in [2.45, 2.75) is 6.54 Å². The topological polar surface area (TPSA) is 73.9 Å². The first kappa shape index (κ1) is 17.5. The Labute approximate surface area is 149 Å². The second-order valence-electron chi connectivity index (χ2n) is 5.46. The lowest BCUT2D eigenvalue weighted by Crippen LogP contribution is -2.28. The molecule has 0 spiro atoms. The van der Waals surface area contributed by atoms with Crippen LogP contribution in [0.1, 0.15) is 11.1 Å². The van der Waals surface area contributed by atoms with Gasteiger partial charge in [-0.05, 0) is 41.5 Å². The number of amides is 1. The average Bonchev–Trinajstić information content (AvgIpc) is 3.12. The largest absolute Gasteiger partial charge is 0.454 e. The monoisotopic (exact) mass is 357 g/mol. The molecule has 0 saturated carbocycles. The lowest BCUT2D eigenvalue weighted by Gasteiger charge is -2.06. The van der Waals surface area contributed by atoms with E-state index in [2.05, 4.69) is 5.32 Å². The summed E-state index contributed by atoms with van der Waals surface area (Å²) in [7, 11) is 0. The summed E-state index contributed by atoms with van der Waals surface area (Å²) in [5, 5.41) is 2.65. The molecule has 0 unspecified atom stereocenters. The van der Waals surface area contributed by atoms with E-state index in [9.17, 15) is 14.0 Å². The van der Waals surface area contributed by atoms with Gasteiger partial charge in [0.25, 0.3) is 5.91 Å². The minimum Gasteiger partial charge on any atom is -0.454 e. The number of carbonyl (C=O) groups excluding carboxylic acids is 2. The number of benzene rings is 2. The summed E-state index contributed by atoms with van der Waals surface area (Å²) >= 11 is 0. The van der Waals surface area contributed by atoms with Gasteiger partial charge in [0.1, 0.15) is 5.82 Å².